The van der Waals surface area contributed by atoms with E-state index in [2.05, 4.69) is 10.6 Å². The second kappa shape index (κ2) is 6.01. The molecule has 9 heteroatoms. The average Bonchev–Trinajstić information content (AvgIpc) is 2.09. The Morgan fingerprint density at radius 1 is 1.33 bits per heavy atom. The van der Waals surface area contributed by atoms with Gasteiger partial charge in [-0.25, -0.2) is 23.1 Å². The molecule has 0 radical (unpaired) electrons. The number of primary sulfonamides is 1. The summed E-state index contributed by atoms with van der Waals surface area (Å²) in [4.78, 5) is 22.3. The van der Waals surface area contributed by atoms with Gasteiger partial charge in [0.2, 0.25) is 10.0 Å². The first-order chi connectivity index (χ1) is 7.93. The number of amides is 2. The van der Waals surface area contributed by atoms with E-state index in [0.29, 0.717) is 0 Å². The molecular formula is C9H19N3O5S. The molecule has 0 aromatic rings. The summed E-state index contributed by atoms with van der Waals surface area (Å²) in [5.74, 6) is -1.57. The Hall–Kier alpha value is -1.35. The van der Waals surface area contributed by atoms with Gasteiger partial charge in [0.1, 0.15) is 6.04 Å². The highest BCUT2D eigenvalue weighted by atomic mass is 32.2. The van der Waals surface area contributed by atoms with Crippen LogP contribution in [0.4, 0.5) is 4.79 Å². The number of hydrogen-bond acceptors (Lipinski definition) is 4. The molecule has 8 nitrogen and oxygen atoms in total. The molecule has 0 spiro atoms. The molecule has 106 valence electrons. The van der Waals surface area contributed by atoms with Gasteiger partial charge >= 0.3 is 12.0 Å². The van der Waals surface area contributed by atoms with Gasteiger partial charge < -0.3 is 15.7 Å². The molecule has 2 amide bonds. The number of nitrogens with one attached hydrogen (secondary N) is 2. The lowest BCUT2D eigenvalue weighted by Gasteiger charge is -2.27. The van der Waals surface area contributed by atoms with Crippen LogP contribution in [0.25, 0.3) is 0 Å². The number of carboxylic acid groups (broad SMARTS) is 1. The summed E-state index contributed by atoms with van der Waals surface area (Å²) >= 11 is 0. The molecule has 0 rings (SSSR count). The number of carbonyl (C=O) groups is 2. The fourth-order valence-electron chi connectivity index (χ4n) is 1.14. The molecule has 0 aliphatic rings. The van der Waals surface area contributed by atoms with Gasteiger partial charge in [0.05, 0.1) is 5.75 Å². The lowest BCUT2D eigenvalue weighted by atomic mass is 9.87. The van der Waals surface area contributed by atoms with Gasteiger partial charge in [-0.2, -0.15) is 0 Å². The van der Waals surface area contributed by atoms with Crippen LogP contribution in [0.1, 0.15) is 20.8 Å². The molecule has 0 saturated heterocycles. The van der Waals surface area contributed by atoms with Crippen LogP contribution in [0.15, 0.2) is 0 Å². The molecule has 0 aromatic carbocycles. The predicted molar refractivity (Wildman–Crippen MR) is 65.4 cm³/mol. The fraction of sp³-hybridized carbons (Fsp3) is 0.778. The Bertz CT molecular complexity index is 412. The second-order valence-electron chi connectivity index (χ2n) is 4.90. The number of aliphatic carboxylic acids is 1. The maximum Gasteiger partial charge on any atom is 0.326 e. The number of urea groups is 1. The molecular weight excluding hydrogens is 262 g/mol. The molecule has 0 bridgehead atoms. The third kappa shape index (κ3) is 7.07. The van der Waals surface area contributed by atoms with E-state index in [4.69, 9.17) is 10.2 Å². The third-order valence-electron chi connectivity index (χ3n) is 2.06. The van der Waals surface area contributed by atoms with E-state index in [1.165, 1.54) is 0 Å². The Labute approximate surface area is 106 Å². The van der Waals surface area contributed by atoms with Gasteiger partial charge in [-0.05, 0) is 5.41 Å². The van der Waals surface area contributed by atoms with Crippen molar-refractivity contribution in [3.63, 3.8) is 0 Å². The minimum absolute atomic E-state index is 0.179. The van der Waals surface area contributed by atoms with E-state index in [0.717, 1.165) is 0 Å². The van der Waals surface area contributed by atoms with Gasteiger partial charge in [-0.15, -0.1) is 0 Å². The highest BCUT2D eigenvalue weighted by molar-refractivity contribution is 7.89. The van der Waals surface area contributed by atoms with Gasteiger partial charge in [0, 0.05) is 6.54 Å². The fourth-order valence-corrected chi connectivity index (χ4v) is 1.52. The van der Waals surface area contributed by atoms with Crippen LogP contribution in [0.2, 0.25) is 0 Å². The lowest BCUT2D eigenvalue weighted by Crippen LogP contribution is -2.52. The van der Waals surface area contributed by atoms with E-state index >= 15 is 0 Å². The van der Waals surface area contributed by atoms with E-state index < -0.39 is 39.2 Å². The van der Waals surface area contributed by atoms with E-state index in [1.54, 1.807) is 20.8 Å². The Balaban J connectivity index is 4.33. The molecule has 0 unspecified atom stereocenters. The van der Waals surface area contributed by atoms with Crippen LogP contribution in [-0.2, 0) is 14.8 Å². The summed E-state index contributed by atoms with van der Waals surface area (Å²) < 4.78 is 21.2. The number of carbonyl (C=O) groups excluding carboxylic acids is 1. The predicted octanol–water partition coefficient (Wildman–Crippen LogP) is -0.927. The van der Waals surface area contributed by atoms with Gasteiger partial charge in [0.15, 0.2) is 0 Å². The molecule has 0 heterocycles. The standard InChI is InChI=1S/C9H19N3O5S/c1-9(2,3)6(7(13)14)12-8(15)11-4-5-18(10,16)17/h6H,4-5H2,1-3H3,(H,13,14)(H2,10,16,17)(H2,11,12,15)/t6-/m0/s1. The first-order valence-corrected chi connectivity index (χ1v) is 6.92. The molecule has 0 aromatic heterocycles. The summed E-state index contributed by atoms with van der Waals surface area (Å²) in [6.45, 7) is 4.81. The molecule has 0 saturated carbocycles. The van der Waals surface area contributed by atoms with Crippen molar-refractivity contribution >= 4 is 22.0 Å². The Kier molecular flexibility index (Phi) is 5.55. The van der Waals surface area contributed by atoms with Crippen molar-refractivity contribution in [2.75, 3.05) is 12.3 Å². The topological polar surface area (TPSA) is 139 Å². The van der Waals surface area contributed by atoms with E-state index in [-0.39, 0.29) is 6.54 Å². The average molecular weight is 281 g/mol. The number of sulfonamides is 1. The van der Waals surface area contributed by atoms with Crippen LogP contribution in [-0.4, -0.2) is 43.9 Å². The quantitative estimate of drug-likeness (QED) is 0.516. The first kappa shape index (κ1) is 16.6. The minimum Gasteiger partial charge on any atom is -0.480 e. The SMILES string of the molecule is CC(C)(C)[C@@H](NC(=O)NCCS(N)(=O)=O)C(=O)O. The Morgan fingerprint density at radius 2 is 1.83 bits per heavy atom. The zero-order valence-electron chi connectivity index (χ0n) is 10.6. The highest BCUT2D eigenvalue weighted by Gasteiger charge is 2.32. The van der Waals surface area contributed by atoms with Crippen LogP contribution in [0, 0.1) is 5.41 Å². The van der Waals surface area contributed by atoms with Crippen molar-refractivity contribution in [1.29, 1.82) is 0 Å². The van der Waals surface area contributed by atoms with Gasteiger partial charge in [-0.3, -0.25) is 0 Å². The third-order valence-corrected chi connectivity index (χ3v) is 2.83. The highest BCUT2D eigenvalue weighted by Crippen LogP contribution is 2.19. The number of carboxylic acids is 1. The zero-order chi connectivity index (χ0) is 14.6. The van der Waals surface area contributed by atoms with Gasteiger partial charge in [-0.1, -0.05) is 20.8 Å². The molecule has 0 fully saturated rings. The smallest absolute Gasteiger partial charge is 0.326 e. The summed E-state index contributed by atoms with van der Waals surface area (Å²) in [5.41, 5.74) is -0.664. The molecule has 0 aliphatic carbocycles. The number of nitrogens with two attached hydrogens (primary N) is 1. The maximum atomic E-state index is 11.4. The van der Waals surface area contributed by atoms with Crippen LogP contribution in [0.5, 0.6) is 0 Å². The monoisotopic (exact) mass is 281 g/mol. The van der Waals surface area contributed by atoms with E-state index in [1.807, 2.05) is 0 Å². The zero-order valence-corrected chi connectivity index (χ0v) is 11.4. The normalized spacial score (nSPS) is 13.8. The molecule has 1 atom stereocenters. The number of rotatable bonds is 5. The minimum atomic E-state index is -3.65. The van der Waals surface area contributed by atoms with Crippen molar-refractivity contribution < 1.29 is 23.1 Å². The summed E-state index contributed by atoms with van der Waals surface area (Å²) in [6.07, 6.45) is 0. The largest absolute Gasteiger partial charge is 0.480 e. The summed E-state index contributed by atoms with van der Waals surface area (Å²) in [7, 11) is -3.65. The molecule has 18 heavy (non-hydrogen) atoms. The van der Waals surface area contributed by atoms with Crippen molar-refractivity contribution in [3.05, 3.63) is 0 Å². The van der Waals surface area contributed by atoms with Crippen molar-refractivity contribution in [2.24, 2.45) is 10.6 Å². The van der Waals surface area contributed by atoms with Gasteiger partial charge in [0.25, 0.3) is 0 Å². The Morgan fingerprint density at radius 3 is 2.17 bits per heavy atom. The van der Waals surface area contributed by atoms with E-state index in [9.17, 15) is 18.0 Å². The van der Waals surface area contributed by atoms with Crippen molar-refractivity contribution in [3.8, 4) is 0 Å². The summed E-state index contributed by atoms with van der Waals surface area (Å²) in [6, 6.07) is -1.83. The van der Waals surface area contributed by atoms with Crippen molar-refractivity contribution in [1.82, 2.24) is 10.6 Å². The van der Waals surface area contributed by atoms with Crippen LogP contribution < -0.4 is 15.8 Å². The molecule has 5 N–H and O–H groups in total. The first-order valence-electron chi connectivity index (χ1n) is 5.21. The number of hydrogen-bond donors (Lipinski definition) is 4. The van der Waals surface area contributed by atoms with Crippen LogP contribution in [0.3, 0.4) is 0 Å². The molecule has 0 aliphatic heterocycles. The van der Waals surface area contributed by atoms with Crippen molar-refractivity contribution in [2.45, 2.75) is 26.8 Å². The van der Waals surface area contributed by atoms with Crippen LogP contribution >= 0.6 is 0 Å². The maximum absolute atomic E-state index is 11.4. The lowest BCUT2D eigenvalue weighted by molar-refractivity contribution is -0.141. The summed E-state index contributed by atoms with van der Waals surface area (Å²) in [5, 5.41) is 18.2. The second-order valence-corrected chi connectivity index (χ2v) is 6.64.